The van der Waals surface area contributed by atoms with Crippen LogP contribution in [0.3, 0.4) is 0 Å². The van der Waals surface area contributed by atoms with E-state index in [1.165, 1.54) is 20.0 Å². The fraction of sp³-hybridized carbons (Fsp3) is 0.762. The van der Waals surface area contributed by atoms with Crippen LogP contribution in [0.25, 0.3) is 0 Å². The van der Waals surface area contributed by atoms with E-state index in [-0.39, 0.29) is 11.9 Å². The number of rotatable bonds is 11. The Morgan fingerprint density at radius 3 is 2.84 bits per heavy atom. The van der Waals surface area contributed by atoms with Crippen molar-refractivity contribution in [3.05, 3.63) is 12.2 Å². The standard InChI is InChI=1S/C21H35NO3/c1-4-5-11-18(2)20(23)15-14-19-12-10-17-22(19)16-9-7-6-8-13-21(24)25-3/h14-15,18-20,23H,6-13,16-17H2,1-3H3/b15-14+/t18-,19+,20+/m0/s1. The average Bonchev–Trinajstić information content (AvgIpc) is 3.07. The van der Waals surface area contributed by atoms with Crippen molar-refractivity contribution in [2.75, 3.05) is 20.2 Å². The van der Waals surface area contributed by atoms with E-state index in [9.17, 15) is 9.90 Å². The van der Waals surface area contributed by atoms with E-state index < -0.39 is 6.10 Å². The SMILES string of the molecule is CC#CC[C@H](C)[C@H](O)/C=C/[C@H]1CCCN1CCCCCCC(=O)OC. The van der Waals surface area contributed by atoms with E-state index in [4.69, 9.17) is 0 Å². The molecular formula is C21H35NO3. The largest absolute Gasteiger partial charge is 0.469 e. The van der Waals surface area contributed by atoms with Crippen LogP contribution in [-0.4, -0.2) is 48.3 Å². The Labute approximate surface area is 153 Å². The smallest absolute Gasteiger partial charge is 0.305 e. The molecule has 3 atom stereocenters. The molecule has 4 heteroatoms. The van der Waals surface area contributed by atoms with Crippen LogP contribution in [0.4, 0.5) is 0 Å². The summed E-state index contributed by atoms with van der Waals surface area (Å²) in [7, 11) is 1.44. The highest BCUT2D eigenvalue weighted by molar-refractivity contribution is 5.68. The Bertz CT molecular complexity index is 463. The molecule has 25 heavy (non-hydrogen) atoms. The highest BCUT2D eigenvalue weighted by Crippen LogP contribution is 2.20. The zero-order valence-corrected chi connectivity index (χ0v) is 16.2. The van der Waals surface area contributed by atoms with Gasteiger partial charge in [-0.25, -0.2) is 0 Å². The molecule has 1 heterocycles. The lowest BCUT2D eigenvalue weighted by atomic mass is 10.00. The number of nitrogens with zero attached hydrogens (tertiary/aromatic N) is 1. The van der Waals surface area contributed by atoms with Crippen LogP contribution in [0.5, 0.6) is 0 Å². The molecular weight excluding hydrogens is 314 g/mol. The molecule has 0 aromatic rings. The van der Waals surface area contributed by atoms with Gasteiger partial charge < -0.3 is 9.84 Å². The predicted molar refractivity (Wildman–Crippen MR) is 102 cm³/mol. The first kappa shape index (κ1) is 21.7. The van der Waals surface area contributed by atoms with E-state index in [0.29, 0.717) is 12.5 Å². The van der Waals surface area contributed by atoms with E-state index in [0.717, 1.165) is 45.2 Å². The zero-order chi connectivity index (χ0) is 18.5. The maximum absolute atomic E-state index is 11.1. The fourth-order valence-corrected chi connectivity index (χ4v) is 3.20. The van der Waals surface area contributed by atoms with Gasteiger partial charge >= 0.3 is 5.97 Å². The normalized spacial score (nSPS) is 20.2. The number of carbonyl (C=O) groups excluding carboxylic acids is 1. The quantitative estimate of drug-likeness (QED) is 0.268. The first-order valence-corrected chi connectivity index (χ1v) is 9.65. The van der Waals surface area contributed by atoms with Crippen LogP contribution in [0.1, 0.15) is 65.2 Å². The Hall–Kier alpha value is -1.31. The third-order valence-corrected chi connectivity index (χ3v) is 4.93. The molecule has 142 valence electrons. The summed E-state index contributed by atoms with van der Waals surface area (Å²) in [5.74, 6) is 5.99. The van der Waals surface area contributed by atoms with E-state index in [1.807, 2.05) is 19.9 Å². The van der Waals surface area contributed by atoms with Gasteiger partial charge in [0.25, 0.3) is 0 Å². The van der Waals surface area contributed by atoms with Crippen molar-refractivity contribution < 1.29 is 14.6 Å². The topological polar surface area (TPSA) is 49.8 Å². The summed E-state index contributed by atoms with van der Waals surface area (Å²) >= 11 is 0. The molecule has 0 aromatic heterocycles. The number of esters is 1. The highest BCUT2D eigenvalue weighted by atomic mass is 16.5. The maximum Gasteiger partial charge on any atom is 0.305 e. The van der Waals surface area contributed by atoms with Gasteiger partial charge in [0.15, 0.2) is 0 Å². The molecule has 0 saturated carbocycles. The number of ether oxygens (including phenoxy) is 1. The van der Waals surface area contributed by atoms with Gasteiger partial charge in [0.05, 0.1) is 13.2 Å². The van der Waals surface area contributed by atoms with E-state index >= 15 is 0 Å². The second-order valence-corrected chi connectivity index (χ2v) is 6.97. The second-order valence-electron chi connectivity index (χ2n) is 6.97. The minimum absolute atomic E-state index is 0.109. The molecule has 0 spiro atoms. The van der Waals surface area contributed by atoms with Crippen molar-refractivity contribution in [3.8, 4) is 11.8 Å². The molecule has 1 saturated heterocycles. The Balaban J connectivity index is 2.25. The molecule has 0 aromatic carbocycles. The van der Waals surface area contributed by atoms with Gasteiger partial charge in [-0.3, -0.25) is 9.69 Å². The van der Waals surface area contributed by atoms with Crippen molar-refractivity contribution in [1.29, 1.82) is 0 Å². The van der Waals surface area contributed by atoms with Crippen LogP contribution in [-0.2, 0) is 9.53 Å². The van der Waals surface area contributed by atoms with Crippen LogP contribution < -0.4 is 0 Å². The summed E-state index contributed by atoms with van der Waals surface area (Å²) in [6, 6.07) is 0.453. The summed E-state index contributed by atoms with van der Waals surface area (Å²) in [6.07, 6.45) is 11.7. The van der Waals surface area contributed by atoms with E-state index in [2.05, 4.69) is 27.6 Å². The molecule has 1 aliphatic rings. The summed E-state index contributed by atoms with van der Waals surface area (Å²) in [4.78, 5) is 13.6. The molecule has 1 fully saturated rings. The van der Waals surface area contributed by atoms with Crippen molar-refractivity contribution in [1.82, 2.24) is 4.90 Å². The molecule has 0 aliphatic carbocycles. The van der Waals surface area contributed by atoms with Gasteiger partial charge in [0, 0.05) is 18.9 Å². The number of unbranched alkanes of at least 4 members (excludes halogenated alkanes) is 3. The predicted octanol–water partition coefficient (Wildman–Crippen LogP) is 3.54. The van der Waals surface area contributed by atoms with Gasteiger partial charge in [-0.1, -0.05) is 31.9 Å². The van der Waals surface area contributed by atoms with Crippen LogP contribution in [0.2, 0.25) is 0 Å². The lowest BCUT2D eigenvalue weighted by Gasteiger charge is -2.22. The Kier molecular flexibility index (Phi) is 11.3. The van der Waals surface area contributed by atoms with E-state index in [1.54, 1.807) is 0 Å². The lowest BCUT2D eigenvalue weighted by Crippen LogP contribution is -2.29. The van der Waals surface area contributed by atoms with Gasteiger partial charge in [0.1, 0.15) is 0 Å². The molecule has 1 N–H and O–H groups in total. The minimum atomic E-state index is -0.415. The van der Waals surface area contributed by atoms with Crippen molar-refractivity contribution in [3.63, 3.8) is 0 Å². The molecule has 1 rings (SSSR count). The van der Waals surface area contributed by atoms with Crippen molar-refractivity contribution >= 4 is 5.97 Å². The molecule has 1 aliphatic heterocycles. The molecule has 0 unspecified atom stereocenters. The van der Waals surface area contributed by atoms with Gasteiger partial charge in [-0.2, -0.15) is 0 Å². The molecule has 4 nitrogen and oxygen atoms in total. The van der Waals surface area contributed by atoms with Gasteiger partial charge in [-0.15, -0.1) is 11.8 Å². The average molecular weight is 350 g/mol. The molecule has 0 bridgehead atoms. The highest BCUT2D eigenvalue weighted by Gasteiger charge is 2.22. The van der Waals surface area contributed by atoms with Crippen LogP contribution in [0, 0.1) is 17.8 Å². The summed E-state index contributed by atoms with van der Waals surface area (Å²) in [5, 5.41) is 10.2. The first-order chi connectivity index (χ1) is 12.1. The lowest BCUT2D eigenvalue weighted by molar-refractivity contribution is -0.140. The summed E-state index contributed by atoms with van der Waals surface area (Å²) in [5.41, 5.74) is 0. The fourth-order valence-electron chi connectivity index (χ4n) is 3.20. The number of aliphatic hydroxyl groups is 1. The zero-order valence-electron chi connectivity index (χ0n) is 16.2. The molecule has 0 radical (unpaired) electrons. The molecule has 0 amide bonds. The van der Waals surface area contributed by atoms with Crippen molar-refractivity contribution in [2.24, 2.45) is 5.92 Å². The minimum Gasteiger partial charge on any atom is -0.469 e. The number of aliphatic hydroxyl groups excluding tert-OH is 1. The number of methoxy groups -OCH3 is 1. The summed E-state index contributed by atoms with van der Waals surface area (Å²) in [6.45, 7) is 6.12. The monoisotopic (exact) mass is 349 g/mol. The maximum atomic E-state index is 11.1. The Morgan fingerprint density at radius 2 is 2.12 bits per heavy atom. The number of hydrogen-bond donors (Lipinski definition) is 1. The van der Waals surface area contributed by atoms with Gasteiger partial charge in [0.2, 0.25) is 0 Å². The third-order valence-electron chi connectivity index (χ3n) is 4.93. The number of likely N-dealkylation sites (tertiary alicyclic amines) is 1. The third kappa shape index (κ3) is 9.09. The second kappa shape index (κ2) is 13.0. The van der Waals surface area contributed by atoms with Crippen LogP contribution in [0.15, 0.2) is 12.2 Å². The van der Waals surface area contributed by atoms with Gasteiger partial charge in [-0.05, 0) is 51.6 Å². The Morgan fingerprint density at radius 1 is 1.36 bits per heavy atom. The number of carbonyl (C=O) groups is 1. The van der Waals surface area contributed by atoms with Crippen molar-refractivity contribution in [2.45, 2.75) is 77.4 Å². The number of hydrogen-bond acceptors (Lipinski definition) is 4. The summed E-state index contributed by atoms with van der Waals surface area (Å²) < 4.78 is 4.65. The van der Waals surface area contributed by atoms with Crippen LogP contribution >= 0.6 is 0 Å². The first-order valence-electron chi connectivity index (χ1n) is 9.65.